The Bertz CT molecular complexity index is 2800. The zero-order valence-corrected chi connectivity index (χ0v) is 26.5. The summed E-state index contributed by atoms with van der Waals surface area (Å²) in [6.45, 7) is 0. The second-order valence-electron chi connectivity index (χ2n) is 12.1. The Morgan fingerprint density at radius 3 is 1.71 bits per heavy atom. The molecule has 0 saturated heterocycles. The fraction of sp³-hybridized carbons (Fsp3) is 0. The zero-order chi connectivity index (χ0) is 31.6. The van der Waals surface area contributed by atoms with Crippen LogP contribution >= 0.6 is 11.3 Å². The maximum atomic E-state index is 5.28. The minimum atomic E-state index is 0.636. The van der Waals surface area contributed by atoms with E-state index in [2.05, 4.69) is 144 Å². The maximum absolute atomic E-state index is 5.28. The van der Waals surface area contributed by atoms with Gasteiger partial charge in [-0.05, 0) is 59.3 Å². The molecular weight excluding hydrogens is 605 g/mol. The minimum Gasteiger partial charge on any atom is -0.308 e. The Kier molecular flexibility index (Phi) is 6.01. The van der Waals surface area contributed by atoms with Crippen LogP contribution in [0.3, 0.4) is 0 Å². The smallest absolute Gasteiger partial charge is 0.166 e. The fourth-order valence-corrected chi connectivity index (χ4v) is 8.07. The fourth-order valence-electron chi connectivity index (χ4n) is 6.98. The molecule has 3 heterocycles. The topological polar surface area (TPSA) is 43.6 Å². The summed E-state index contributed by atoms with van der Waals surface area (Å²) in [7, 11) is 0. The molecule has 0 bridgehead atoms. The molecule has 3 aromatic heterocycles. The molecule has 10 rings (SSSR count). The van der Waals surface area contributed by atoms with E-state index < -0.39 is 0 Å². The van der Waals surface area contributed by atoms with E-state index in [9.17, 15) is 0 Å². The predicted octanol–water partition coefficient (Wildman–Crippen LogP) is 11.5. The SMILES string of the molecule is c1ccc(-c2nc(-c3ccc4sc5ccccc5c4c3)nc(-c3cc4ccccc4cc3-n3c4ccccc4c4ccccc43)n2)cc1. The van der Waals surface area contributed by atoms with Crippen LogP contribution in [0.1, 0.15) is 0 Å². The summed E-state index contributed by atoms with van der Waals surface area (Å²) >= 11 is 1.81. The molecule has 0 atom stereocenters. The number of para-hydroxylation sites is 2. The lowest BCUT2D eigenvalue weighted by atomic mass is 10.0. The first-order chi connectivity index (χ1) is 23.8. The second-order valence-corrected chi connectivity index (χ2v) is 13.2. The van der Waals surface area contributed by atoms with Crippen LogP contribution in [0.2, 0.25) is 0 Å². The first-order valence-corrected chi connectivity index (χ1v) is 16.9. The largest absolute Gasteiger partial charge is 0.308 e. The third-order valence-corrected chi connectivity index (χ3v) is 10.4. The van der Waals surface area contributed by atoms with Crippen molar-refractivity contribution in [3.8, 4) is 39.9 Å². The van der Waals surface area contributed by atoms with E-state index in [1.165, 1.54) is 30.9 Å². The molecule has 0 fully saturated rings. The standard InChI is InChI=1S/C43H26N4S/c1-2-12-27(13-3-1)41-44-42(30-22-23-40-34(25-30)33-18-8-11-21-39(33)48-40)46-43(45-41)35-24-28-14-4-5-15-29(28)26-38(35)47-36-19-9-6-16-31(36)32-17-7-10-20-37(32)47/h1-26H. The van der Waals surface area contributed by atoms with Crippen LogP contribution in [-0.2, 0) is 0 Å². The van der Waals surface area contributed by atoms with E-state index in [0.29, 0.717) is 17.5 Å². The molecule has 10 aromatic rings. The number of thiophene rings is 1. The zero-order valence-electron chi connectivity index (χ0n) is 25.7. The van der Waals surface area contributed by atoms with Gasteiger partial charge >= 0.3 is 0 Å². The van der Waals surface area contributed by atoms with E-state index in [1.54, 1.807) is 0 Å². The molecule has 0 spiro atoms. The number of fused-ring (bicyclic) bond motifs is 7. The molecule has 0 unspecified atom stereocenters. The third kappa shape index (κ3) is 4.25. The van der Waals surface area contributed by atoms with Crippen molar-refractivity contribution in [2.24, 2.45) is 0 Å². The van der Waals surface area contributed by atoms with Crippen molar-refractivity contribution >= 4 is 64.1 Å². The van der Waals surface area contributed by atoms with E-state index >= 15 is 0 Å². The van der Waals surface area contributed by atoms with E-state index in [4.69, 9.17) is 15.0 Å². The Hall–Kier alpha value is -6.17. The minimum absolute atomic E-state index is 0.636. The Balaban J connectivity index is 1.28. The lowest BCUT2D eigenvalue weighted by Gasteiger charge is -2.16. The van der Waals surface area contributed by atoms with Crippen LogP contribution in [0.5, 0.6) is 0 Å². The van der Waals surface area contributed by atoms with Gasteiger partial charge in [0.25, 0.3) is 0 Å². The van der Waals surface area contributed by atoms with Crippen molar-refractivity contribution in [3.63, 3.8) is 0 Å². The number of benzene rings is 7. The Morgan fingerprint density at radius 1 is 0.396 bits per heavy atom. The van der Waals surface area contributed by atoms with Gasteiger partial charge in [0.2, 0.25) is 0 Å². The van der Waals surface area contributed by atoms with Gasteiger partial charge in [-0.25, -0.2) is 15.0 Å². The van der Waals surface area contributed by atoms with Crippen molar-refractivity contribution in [3.05, 3.63) is 158 Å². The number of rotatable bonds is 4. The van der Waals surface area contributed by atoms with Gasteiger partial charge in [-0.2, -0.15) is 0 Å². The van der Waals surface area contributed by atoms with Crippen LogP contribution < -0.4 is 0 Å². The summed E-state index contributed by atoms with van der Waals surface area (Å²) in [6.07, 6.45) is 0. The van der Waals surface area contributed by atoms with Gasteiger partial charge in [0, 0.05) is 47.6 Å². The molecule has 0 radical (unpaired) electrons. The van der Waals surface area contributed by atoms with Gasteiger partial charge in [0.1, 0.15) is 0 Å². The quantitative estimate of drug-likeness (QED) is 0.194. The van der Waals surface area contributed by atoms with E-state index in [-0.39, 0.29) is 0 Å². The highest BCUT2D eigenvalue weighted by molar-refractivity contribution is 7.25. The highest BCUT2D eigenvalue weighted by atomic mass is 32.1. The van der Waals surface area contributed by atoms with Crippen molar-refractivity contribution in [1.82, 2.24) is 19.5 Å². The van der Waals surface area contributed by atoms with Gasteiger partial charge < -0.3 is 4.57 Å². The summed E-state index contributed by atoms with van der Waals surface area (Å²) in [5.74, 6) is 1.93. The number of hydrogen-bond donors (Lipinski definition) is 0. The molecule has 5 heteroatoms. The molecule has 0 aliphatic rings. The third-order valence-electron chi connectivity index (χ3n) is 9.23. The number of hydrogen-bond acceptors (Lipinski definition) is 4. The average Bonchev–Trinajstić information content (AvgIpc) is 3.70. The van der Waals surface area contributed by atoms with Crippen LogP contribution in [0.4, 0.5) is 0 Å². The Labute approximate surface area is 280 Å². The lowest BCUT2D eigenvalue weighted by molar-refractivity contribution is 1.07. The summed E-state index contributed by atoms with van der Waals surface area (Å²) in [5, 5.41) is 7.18. The molecule has 224 valence electrons. The van der Waals surface area contributed by atoms with Crippen LogP contribution in [-0.4, -0.2) is 19.5 Å². The normalized spacial score (nSPS) is 11.8. The maximum Gasteiger partial charge on any atom is 0.166 e. The molecule has 0 saturated carbocycles. The highest BCUT2D eigenvalue weighted by Crippen LogP contribution is 2.39. The van der Waals surface area contributed by atoms with Crippen molar-refractivity contribution in [1.29, 1.82) is 0 Å². The van der Waals surface area contributed by atoms with E-state index in [1.807, 2.05) is 29.5 Å². The summed E-state index contributed by atoms with van der Waals surface area (Å²) < 4.78 is 4.89. The monoisotopic (exact) mass is 630 g/mol. The second kappa shape index (κ2) is 10.7. The van der Waals surface area contributed by atoms with Crippen molar-refractivity contribution in [2.75, 3.05) is 0 Å². The van der Waals surface area contributed by atoms with Crippen molar-refractivity contribution < 1.29 is 0 Å². The van der Waals surface area contributed by atoms with Crippen LogP contribution in [0.25, 0.3) is 92.6 Å². The molecule has 7 aromatic carbocycles. The van der Waals surface area contributed by atoms with E-state index in [0.717, 1.165) is 44.2 Å². The van der Waals surface area contributed by atoms with Gasteiger partial charge in [0.15, 0.2) is 17.5 Å². The first-order valence-electron chi connectivity index (χ1n) is 16.0. The molecular formula is C43H26N4S. The summed E-state index contributed by atoms with van der Waals surface area (Å²) in [4.78, 5) is 15.6. The summed E-state index contributed by atoms with van der Waals surface area (Å²) in [5.41, 5.74) is 6.17. The molecule has 0 N–H and O–H groups in total. The molecule has 0 amide bonds. The number of nitrogens with zero attached hydrogens (tertiary/aromatic N) is 4. The van der Waals surface area contributed by atoms with Crippen LogP contribution in [0, 0.1) is 0 Å². The van der Waals surface area contributed by atoms with Gasteiger partial charge in [-0.15, -0.1) is 11.3 Å². The average molecular weight is 631 g/mol. The first kappa shape index (κ1) is 27.0. The van der Waals surface area contributed by atoms with Gasteiger partial charge in [-0.1, -0.05) is 109 Å². The lowest BCUT2D eigenvalue weighted by Crippen LogP contribution is -2.04. The predicted molar refractivity (Wildman–Crippen MR) is 201 cm³/mol. The van der Waals surface area contributed by atoms with Crippen molar-refractivity contribution in [2.45, 2.75) is 0 Å². The van der Waals surface area contributed by atoms with Crippen LogP contribution in [0.15, 0.2) is 158 Å². The molecule has 0 aliphatic heterocycles. The molecule has 4 nitrogen and oxygen atoms in total. The van der Waals surface area contributed by atoms with Gasteiger partial charge in [-0.3, -0.25) is 0 Å². The van der Waals surface area contributed by atoms with Gasteiger partial charge in [0.05, 0.1) is 16.7 Å². The molecule has 0 aliphatic carbocycles. The number of aromatic nitrogens is 4. The molecule has 48 heavy (non-hydrogen) atoms. The summed E-state index contributed by atoms with van der Waals surface area (Å²) in [6, 6.07) is 55.6. The highest BCUT2D eigenvalue weighted by Gasteiger charge is 2.20. The Morgan fingerprint density at radius 2 is 0.958 bits per heavy atom.